The third-order valence-corrected chi connectivity index (χ3v) is 3.66. The van der Waals surface area contributed by atoms with E-state index in [1.165, 1.54) is 0 Å². The maximum absolute atomic E-state index is 12.7. The molecule has 1 saturated heterocycles. The van der Waals surface area contributed by atoms with Crippen molar-refractivity contribution in [3.8, 4) is 0 Å². The first-order valence-corrected chi connectivity index (χ1v) is 6.33. The van der Waals surface area contributed by atoms with Crippen LogP contribution in [0.25, 0.3) is 0 Å². The van der Waals surface area contributed by atoms with Crippen LogP contribution in [0.3, 0.4) is 0 Å². The summed E-state index contributed by atoms with van der Waals surface area (Å²) < 4.78 is 49.5. The SMILES string of the molecule is CC(C)(CNCC(F)(F)C(F)F)C1CCCNC1. The topological polar surface area (TPSA) is 24.1 Å². The van der Waals surface area contributed by atoms with Crippen molar-refractivity contribution in [3.63, 3.8) is 0 Å². The van der Waals surface area contributed by atoms with Crippen molar-refractivity contribution in [2.75, 3.05) is 26.2 Å². The van der Waals surface area contributed by atoms with Crippen LogP contribution in [0.5, 0.6) is 0 Å². The molecule has 0 saturated carbocycles. The van der Waals surface area contributed by atoms with Gasteiger partial charge in [0.25, 0.3) is 0 Å². The van der Waals surface area contributed by atoms with Gasteiger partial charge in [0.2, 0.25) is 0 Å². The average Bonchev–Trinajstić information content (AvgIpc) is 2.29. The molecule has 1 aliphatic heterocycles. The number of alkyl halides is 4. The normalized spacial score (nSPS) is 22.5. The van der Waals surface area contributed by atoms with Crippen molar-refractivity contribution in [2.45, 2.75) is 39.0 Å². The molecule has 0 spiro atoms. The number of hydrogen-bond acceptors (Lipinski definition) is 2. The third-order valence-electron chi connectivity index (χ3n) is 3.66. The zero-order chi connectivity index (χ0) is 13.8. The second-order valence-corrected chi connectivity index (χ2v) is 5.70. The Morgan fingerprint density at radius 2 is 1.94 bits per heavy atom. The molecule has 0 radical (unpaired) electrons. The van der Waals surface area contributed by atoms with Gasteiger partial charge in [0.15, 0.2) is 0 Å². The highest BCUT2D eigenvalue weighted by molar-refractivity contribution is 4.85. The number of rotatable bonds is 6. The van der Waals surface area contributed by atoms with Crippen LogP contribution in [0.4, 0.5) is 17.6 Å². The van der Waals surface area contributed by atoms with Crippen LogP contribution in [-0.4, -0.2) is 38.5 Å². The van der Waals surface area contributed by atoms with E-state index in [9.17, 15) is 17.6 Å². The molecule has 0 bridgehead atoms. The van der Waals surface area contributed by atoms with Gasteiger partial charge in [-0.25, -0.2) is 8.78 Å². The molecule has 108 valence electrons. The Morgan fingerprint density at radius 3 is 2.44 bits per heavy atom. The second-order valence-electron chi connectivity index (χ2n) is 5.70. The van der Waals surface area contributed by atoms with Crippen LogP contribution in [0.2, 0.25) is 0 Å². The van der Waals surface area contributed by atoms with E-state index in [0.29, 0.717) is 12.5 Å². The minimum Gasteiger partial charge on any atom is -0.316 e. The van der Waals surface area contributed by atoms with Gasteiger partial charge in [-0.1, -0.05) is 13.8 Å². The molecule has 0 amide bonds. The summed E-state index contributed by atoms with van der Waals surface area (Å²) in [6.45, 7) is 5.18. The third kappa shape index (κ3) is 4.39. The minimum absolute atomic E-state index is 0.175. The lowest BCUT2D eigenvalue weighted by Crippen LogP contribution is -2.47. The van der Waals surface area contributed by atoms with E-state index >= 15 is 0 Å². The first-order chi connectivity index (χ1) is 8.26. The van der Waals surface area contributed by atoms with Gasteiger partial charge in [-0.05, 0) is 37.3 Å². The van der Waals surface area contributed by atoms with Crippen molar-refractivity contribution in [3.05, 3.63) is 0 Å². The highest BCUT2D eigenvalue weighted by Crippen LogP contribution is 2.31. The molecule has 2 N–H and O–H groups in total. The quantitative estimate of drug-likeness (QED) is 0.725. The summed E-state index contributed by atoms with van der Waals surface area (Å²) in [4.78, 5) is 0. The molecule has 0 aromatic rings. The van der Waals surface area contributed by atoms with Crippen LogP contribution in [0.15, 0.2) is 0 Å². The van der Waals surface area contributed by atoms with Crippen LogP contribution in [-0.2, 0) is 0 Å². The summed E-state index contributed by atoms with van der Waals surface area (Å²) in [7, 11) is 0. The molecule has 1 unspecified atom stereocenters. The van der Waals surface area contributed by atoms with E-state index < -0.39 is 18.9 Å². The van der Waals surface area contributed by atoms with Gasteiger partial charge < -0.3 is 10.6 Å². The van der Waals surface area contributed by atoms with E-state index in [2.05, 4.69) is 10.6 Å². The predicted molar refractivity (Wildman–Crippen MR) is 63.2 cm³/mol. The van der Waals surface area contributed by atoms with Gasteiger partial charge in [0.05, 0.1) is 6.54 Å². The first-order valence-electron chi connectivity index (χ1n) is 6.33. The van der Waals surface area contributed by atoms with Gasteiger partial charge in [-0.3, -0.25) is 0 Å². The molecule has 2 nitrogen and oxygen atoms in total. The van der Waals surface area contributed by atoms with E-state index in [0.717, 1.165) is 25.9 Å². The summed E-state index contributed by atoms with van der Waals surface area (Å²) >= 11 is 0. The molecular formula is C12H22F4N2. The zero-order valence-electron chi connectivity index (χ0n) is 10.9. The molecule has 1 rings (SSSR count). The Morgan fingerprint density at radius 1 is 1.28 bits per heavy atom. The van der Waals surface area contributed by atoms with Crippen LogP contribution >= 0.6 is 0 Å². The molecule has 0 aromatic heterocycles. The molecule has 6 heteroatoms. The van der Waals surface area contributed by atoms with Crippen LogP contribution in [0.1, 0.15) is 26.7 Å². The van der Waals surface area contributed by atoms with Gasteiger partial charge in [0, 0.05) is 6.54 Å². The van der Waals surface area contributed by atoms with E-state index in [1.54, 1.807) is 0 Å². The van der Waals surface area contributed by atoms with E-state index in [-0.39, 0.29) is 5.41 Å². The van der Waals surface area contributed by atoms with Crippen molar-refractivity contribution in [1.29, 1.82) is 0 Å². The summed E-state index contributed by atoms with van der Waals surface area (Å²) in [6.07, 6.45) is -1.49. The van der Waals surface area contributed by atoms with E-state index in [1.807, 2.05) is 13.8 Å². The number of halogens is 4. The Balaban J connectivity index is 2.37. The Kier molecular flexibility index (Phi) is 5.40. The first kappa shape index (κ1) is 15.7. The van der Waals surface area contributed by atoms with Crippen molar-refractivity contribution >= 4 is 0 Å². The molecule has 18 heavy (non-hydrogen) atoms. The molecule has 1 heterocycles. The fourth-order valence-electron chi connectivity index (χ4n) is 2.29. The smallest absolute Gasteiger partial charge is 0.316 e. The highest BCUT2D eigenvalue weighted by Gasteiger charge is 2.41. The molecule has 1 atom stereocenters. The Labute approximate surface area is 106 Å². The summed E-state index contributed by atoms with van der Waals surface area (Å²) in [6, 6.07) is 0. The van der Waals surface area contributed by atoms with Gasteiger partial charge in [0.1, 0.15) is 0 Å². The molecule has 1 fully saturated rings. The molecule has 0 aromatic carbocycles. The van der Waals surface area contributed by atoms with Crippen molar-refractivity contribution in [2.24, 2.45) is 11.3 Å². The monoisotopic (exact) mass is 270 g/mol. The van der Waals surface area contributed by atoms with Gasteiger partial charge in [-0.15, -0.1) is 0 Å². The zero-order valence-corrected chi connectivity index (χ0v) is 10.9. The lowest BCUT2D eigenvalue weighted by atomic mass is 9.75. The number of piperidine rings is 1. The van der Waals surface area contributed by atoms with Crippen LogP contribution < -0.4 is 10.6 Å². The van der Waals surface area contributed by atoms with Gasteiger partial charge >= 0.3 is 12.3 Å². The van der Waals surface area contributed by atoms with Crippen molar-refractivity contribution < 1.29 is 17.6 Å². The predicted octanol–water partition coefficient (Wildman–Crippen LogP) is 2.50. The largest absolute Gasteiger partial charge is 0.319 e. The van der Waals surface area contributed by atoms with Gasteiger partial charge in [-0.2, -0.15) is 8.78 Å². The average molecular weight is 270 g/mol. The summed E-state index contributed by atoms with van der Waals surface area (Å²) in [5.74, 6) is -3.56. The fourth-order valence-corrected chi connectivity index (χ4v) is 2.29. The maximum atomic E-state index is 12.7. The standard InChI is InChI=1S/C12H22F4N2/c1-11(2,9-4-3-5-17-6-9)7-18-8-12(15,16)10(13)14/h9-10,17-18H,3-8H2,1-2H3. The fraction of sp³-hybridized carbons (Fsp3) is 1.00. The summed E-state index contributed by atoms with van der Waals surface area (Å²) in [5, 5.41) is 5.76. The lowest BCUT2D eigenvalue weighted by molar-refractivity contribution is -0.126. The summed E-state index contributed by atoms with van der Waals surface area (Å²) in [5.41, 5.74) is -0.175. The highest BCUT2D eigenvalue weighted by atomic mass is 19.3. The lowest BCUT2D eigenvalue weighted by Gasteiger charge is -2.37. The molecular weight excluding hydrogens is 248 g/mol. The Hall–Kier alpha value is -0.360. The maximum Gasteiger partial charge on any atom is 0.319 e. The number of nitrogens with one attached hydrogen (secondary N) is 2. The molecule has 0 aliphatic carbocycles. The Bertz CT molecular complexity index is 250. The number of hydrogen-bond donors (Lipinski definition) is 2. The second kappa shape index (κ2) is 6.19. The molecule has 1 aliphatic rings. The van der Waals surface area contributed by atoms with Crippen molar-refractivity contribution in [1.82, 2.24) is 10.6 Å². The minimum atomic E-state index is -3.94. The van der Waals surface area contributed by atoms with E-state index in [4.69, 9.17) is 0 Å². The van der Waals surface area contributed by atoms with Crippen LogP contribution in [0, 0.1) is 11.3 Å².